The lowest BCUT2D eigenvalue weighted by atomic mass is 10.0. The molecule has 0 heterocycles. The van der Waals surface area contributed by atoms with E-state index in [9.17, 15) is 13.2 Å². The third kappa shape index (κ3) is 4.20. The topological polar surface area (TPSA) is 63.2 Å². The monoisotopic (exact) mass is 381 g/mol. The van der Waals surface area contributed by atoms with Gasteiger partial charge in [-0.3, -0.25) is 4.79 Å². The molecule has 1 N–H and O–H groups in total. The van der Waals surface area contributed by atoms with Gasteiger partial charge in [0, 0.05) is 26.3 Å². The van der Waals surface area contributed by atoms with E-state index in [0.29, 0.717) is 15.6 Å². The number of carbonyl (C=O) groups is 1. The third-order valence-corrected chi connectivity index (χ3v) is 5.34. The van der Waals surface area contributed by atoms with Crippen LogP contribution in [-0.4, -0.2) is 19.9 Å². The Morgan fingerprint density at radius 2 is 1.95 bits per heavy atom. The smallest absolute Gasteiger partial charge is 0.261 e. The summed E-state index contributed by atoms with van der Waals surface area (Å²) in [5.74, 6) is -0.322. The predicted molar refractivity (Wildman–Crippen MR) is 83.8 cm³/mol. The molecule has 0 aromatic heterocycles. The molecule has 112 valence electrons. The van der Waals surface area contributed by atoms with Crippen LogP contribution in [0.5, 0.6) is 0 Å². The van der Waals surface area contributed by atoms with E-state index in [1.807, 2.05) is 20.8 Å². The van der Waals surface area contributed by atoms with Crippen LogP contribution in [0.1, 0.15) is 43.1 Å². The van der Waals surface area contributed by atoms with E-state index in [-0.39, 0.29) is 16.3 Å². The molecule has 0 radical (unpaired) electrons. The first kappa shape index (κ1) is 17.5. The van der Waals surface area contributed by atoms with E-state index >= 15 is 0 Å². The van der Waals surface area contributed by atoms with Crippen LogP contribution in [-0.2, 0) is 9.05 Å². The van der Waals surface area contributed by atoms with E-state index in [1.54, 1.807) is 6.92 Å². The van der Waals surface area contributed by atoms with Crippen LogP contribution in [0.3, 0.4) is 0 Å². The van der Waals surface area contributed by atoms with Crippen molar-refractivity contribution >= 4 is 41.6 Å². The molecular weight excluding hydrogens is 366 g/mol. The number of carbonyl (C=O) groups excluding carboxylic acids is 1. The van der Waals surface area contributed by atoms with Gasteiger partial charge >= 0.3 is 0 Å². The molecule has 0 aliphatic carbocycles. The second-order valence-corrected chi connectivity index (χ2v) is 8.63. The highest BCUT2D eigenvalue weighted by atomic mass is 79.9. The van der Waals surface area contributed by atoms with Crippen LogP contribution in [0.4, 0.5) is 0 Å². The first-order valence-electron chi connectivity index (χ1n) is 6.05. The molecule has 0 saturated carbocycles. The Bertz CT molecular complexity index is 641. The molecular formula is C13H17BrClNO3S. The molecule has 0 bridgehead atoms. The third-order valence-electron chi connectivity index (χ3n) is 3.18. The van der Waals surface area contributed by atoms with Crippen molar-refractivity contribution in [1.29, 1.82) is 0 Å². The lowest BCUT2D eigenvalue weighted by molar-refractivity contribution is 0.0910. The molecule has 1 aromatic carbocycles. The zero-order valence-corrected chi connectivity index (χ0v) is 14.9. The maximum atomic E-state index is 12.3. The number of halogens is 2. The van der Waals surface area contributed by atoms with Gasteiger partial charge in [-0.1, -0.05) is 22.9 Å². The van der Waals surface area contributed by atoms with Gasteiger partial charge in [0.15, 0.2) is 0 Å². The minimum Gasteiger partial charge on any atom is -0.347 e. The lowest BCUT2D eigenvalue weighted by Crippen LogP contribution is -2.43. The van der Waals surface area contributed by atoms with E-state index in [0.717, 1.165) is 6.42 Å². The molecule has 4 nitrogen and oxygen atoms in total. The molecule has 0 unspecified atom stereocenters. The lowest BCUT2D eigenvalue weighted by Gasteiger charge is -2.25. The molecule has 1 rings (SSSR count). The average Bonchev–Trinajstić information content (AvgIpc) is 2.30. The van der Waals surface area contributed by atoms with Crippen molar-refractivity contribution in [3.63, 3.8) is 0 Å². The van der Waals surface area contributed by atoms with Gasteiger partial charge in [0.25, 0.3) is 15.0 Å². The highest BCUT2D eigenvalue weighted by Gasteiger charge is 2.23. The maximum Gasteiger partial charge on any atom is 0.261 e. The van der Waals surface area contributed by atoms with Crippen LogP contribution >= 0.6 is 26.6 Å². The Morgan fingerprint density at radius 1 is 1.40 bits per heavy atom. The van der Waals surface area contributed by atoms with Crippen molar-refractivity contribution in [2.75, 3.05) is 0 Å². The fourth-order valence-corrected chi connectivity index (χ4v) is 2.89. The first-order chi connectivity index (χ1) is 8.98. The Kier molecular flexibility index (Phi) is 5.27. The minimum atomic E-state index is -3.89. The van der Waals surface area contributed by atoms with Gasteiger partial charge in [-0.25, -0.2) is 8.42 Å². The van der Waals surface area contributed by atoms with E-state index in [1.165, 1.54) is 12.1 Å². The van der Waals surface area contributed by atoms with Crippen LogP contribution in [0.25, 0.3) is 0 Å². The van der Waals surface area contributed by atoms with Crippen molar-refractivity contribution in [1.82, 2.24) is 5.32 Å². The molecule has 0 saturated heterocycles. The van der Waals surface area contributed by atoms with Gasteiger partial charge < -0.3 is 5.32 Å². The summed E-state index contributed by atoms with van der Waals surface area (Å²) in [6.07, 6.45) is 0.756. The van der Waals surface area contributed by atoms with Crippen molar-refractivity contribution < 1.29 is 13.2 Å². The Balaban J connectivity index is 3.31. The van der Waals surface area contributed by atoms with Gasteiger partial charge in [0.2, 0.25) is 0 Å². The Hall–Kier alpha value is -0.590. The van der Waals surface area contributed by atoms with Crippen LogP contribution in [0, 0.1) is 6.92 Å². The first-order valence-corrected chi connectivity index (χ1v) is 9.15. The van der Waals surface area contributed by atoms with Crippen LogP contribution < -0.4 is 5.32 Å². The van der Waals surface area contributed by atoms with E-state index in [2.05, 4.69) is 21.2 Å². The number of hydrogen-bond donors (Lipinski definition) is 1. The summed E-state index contributed by atoms with van der Waals surface area (Å²) in [6.45, 7) is 7.50. The number of hydrogen-bond acceptors (Lipinski definition) is 3. The van der Waals surface area contributed by atoms with Gasteiger partial charge in [0.05, 0.1) is 4.90 Å². The van der Waals surface area contributed by atoms with E-state index < -0.39 is 9.05 Å². The summed E-state index contributed by atoms with van der Waals surface area (Å²) in [5, 5.41) is 2.87. The zero-order chi connectivity index (χ0) is 15.7. The van der Waals surface area contributed by atoms with Crippen LogP contribution in [0.2, 0.25) is 0 Å². The molecule has 20 heavy (non-hydrogen) atoms. The number of nitrogens with one attached hydrogen (secondary N) is 1. The fourth-order valence-electron chi connectivity index (χ4n) is 1.49. The van der Waals surface area contributed by atoms with Gasteiger partial charge in [0.1, 0.15) is 0 Å². The summed E-state index contributed by atoms with van der Waals surface area (Å²) in [6, 6.07) is 2.68. The standard InChI is InChI=1S/C13H17BrClNO3S/c1-5-13(3,4)16-12(17)10-6-9(20(15,18)19)7-11(14)8(10)2/h6-7H,5H2,1-4H3,(H,16,17). The summed E-state index contributed by atoms with van der Waals surface area (Å²) < 4.78 is 23.4. The van der Waals surface area contributed by atoms with Gasteiger partial charge in [-0.05, 0) is 44.9 Å². The van der Waals surface area contributed by atoms with Crippen molar-refractivity contribution in [2.45, 2.75) is 44.6 Å². The zero-order valence-electron chi connectivity index (χ0n) is 11.8. The average molecular weight is 383 g/mol. The van der Waals surface area contributed by atoms with Crippen molar-refractivity contribution in [3.05, 3.63) is 27.7 Å². The second-order valence-electron chi connectivity index (χ2n) is 5.21. The normalized spacial score (nSPS) is 12.3. The summed E-state index contributed by atoms with van der Waals surface area (Å²) in [5.41, 5.74) is 0.588. The molecule has 1 aromatic rings. The number of amides is 1. The largest absolute Gasteiger partial charge is 0.347 e. The molecule has 0 spiro atoms. The van der Waals surface area contributed by atoms with Gasteiger partial charge in [-0.15, -0.1) is 0 Å². The quantitative estimate of drug-likeness (QED) is 0.809. The molecule has 0 aliphatic rings. The Labute approximate surface area is 132 Å². The van der Waals surface area contributed by atoms with Crippen molar-refractivity contribution in [3.8, 4) is 0 Å². The summed E-state index contributed by atoms with van der Waals surface area (Å²) in [4.78, 5) is 12.2. The van der Waals surface area contributed by atoms with Gasteiger partial charge in [-0.2, -0.15) is 0 Å². The highest BCUT2D eigenvalue weighted by Crippen LogP contribution is 2.27. The SMILES string of the molecule is CCC(C)(C)NC(=O)c1cc(S(=O)(=O)Cl)cc(Br)c1C. The maximum absolute atomic E-state index is 12.3. The Morgan fingerprint density at radius 3 is 2.40 bits per heavy atom. The molecule has 0 aliphatic heterocycles. The number of rotatable bonds is 4. The fraction of sp³-hybridized carbons (Fsp3) is 0.462. The predicted octanol–water partition coefficient (Wildman–Crippen LogP) is 3.60. The van der Waals surface area contributed by atoms with Crippen molar-refractivity contribution in [2.24, 2.45) is 0 Å². The van der Waals surface area contributed by atoms with E-state index in [4.69, 9.17) is 10.7 Å². The highest BCUT2D eigenvalue weighted by molar-refractivity contribution is 9.10. The molecule has 0 atom stereocenters. The van der Waals surface area contributed by atoms with Crippen LogP contribution in [0.15, 0.2) is 21.5 Å². The molecule has 0 fully saturated rings. The number of benzene rings is 1. The molecule has 7 heteroatoms. The molecule has 1 amide bonds. The second kappa shape index (κ2) is 6.03. The summed E-state index contributed by atoms with van der Waals surface area (Å²) >= 11 is 3.25. The summed E-state index contributed by atoms with van der Waals surface area (Å²) in [7, 11) is 1.45. The minimum absolute atomic E-state index is 0.101.